The number of fused-ring (bicyclic) bond motifs is 1. The van der Waals surface area contributed by atoms with Crippen LogP contribution in [0.4, 0.5) is 5.69 Å². The Morgan fingerprint density at radius 1 is 1.14 bits per heavy atom. The standard InChI is InChI=1S/C21H22N2O5/c24-20(22-12-17-13-27-18-4-1-2-5-19(18)28-17)14-26-16-9-7-15(8-10-16)23-11-3-6-21(23)25/h1-2,4-5,7-10,17H,3,6,11-14H2,(H,22,24). The highest BCUT2D eigenvalue weighted by molar-refractivity contribution is 5.95. The van der Waals surface area contributed by atoms with E-state index in [0.717, 1.165) is 18.7 Å². The first kappa shape index (κ1) is 18.2. The predicted molar refractivity (Wildman–Crippen MR) is 103 cm³/mol. The lowest BCUT2D eigenvalue weighted by molar-refractivity contribution is -0.123. The molecule has 2 aromatic rings. The van der Waals surface area contributed by atoms with Gasteiger partial charge in [-0.15, -0.1) is 0 Å². The van der Waals surface area contributed by atoms with Gasteiger partial charge in [-0.3, -0.25) is 9.59 Å². The number of nitrogens with zero attached hydrogens (tertiary/aromatic N) is 1. The van der Waals surface area contributed by atoms with Crippen LogP contribution < -0.4 is 24.4 Å². The molecule has 4 rings (SSSR count). The van der Waals surface area contributed by atoms with Crippen molar-refractivity contribution in [1.29, 1.82) is 0 Å². The number of ether oxygens (including phenoxy) is 3. The first-order valence-electron chi connectivity index (χ1n) is 9.37. The fraction of sp³-hybridized carbons (Fsp3) is 0.333. The van der Waals surface area contributed by atoms with E-state index in [1.807, 2.05) is 36.4 Å². The summed E-state index contributed by atoms with van der Waals surface area (Å²) in [6.45, 7) is 1.38. The molecule has 2 heterocycles. The summed E-state index contributed by atoms with van der Waals surface area (Å²) in [4.78, 5) is 25.6. The molecule has 0 bridgehead atoms. The van der Waals surface area contributed by atoms with Crippen LogP contribution in [-0.2, 0) is 9.59 Å². The van der Waals surface area contributed by atoms with Crippen molar-refractivity contribution >= 4 is 17.5 Å². The molecule has 1 atom stereocenters. The summed E-state index contributed by atoms with van der Waals surface area (Å²) in [5, 5.41) is 2.79. The van der Waals surface area contributed by atoms with Crippen LogP contribution in [0.3, 0.4) is 0 Å². The number of amides is 2. The van der Waals surface area contributed by atoms with Crippen molar-refractivity contribution in [2.75, 3.05) is 31.2 Å². The van der Waals surface area contributed by atoms with Crippen LogP contribution in [-0.4, -0.2) is 44.2 Å². The fourth-order valence-electron chi connectivity index (χ4n) is 3.23. The lowest BCUT2D eigenvalue weighted by Crippen LogP contribution is -2.42. The first-order chi connectivity index (χ1) is 13.7. The molecule has 0 aliphatic carbocycles. The van der Waals surface area contributed by atoms with Crippen molar-refractivity contribution in [3.63, 3.8) is 0 Å². The Balaban J connectivity index is 1.21. The number of rotatable bonds is 6. The van der Waals surface area contributed by atoms with Gasteiger partial charge in [0.2, 0.25) is 5.91 Å². The van der Waals surface area contributed by atoms with Gasteiger partial charge in [0.15, 0.2) is 18.1 Å². The maximum absolute atomic E-state index is 12.0. The summed E-state index contributed by atoms with van der Waals surface area (Å²) in [5.74, 6) is 1.89. The van der Waals surface area contributed by atoms with Crippen LogP contribution >= 0.6 is 0 Å². The number of para-hydroxylation sites is 2. The molecule has 28 heavy (non-hydrogen) atoms. The van der Waals surface area contributed by atoms with Crippen LogP contribution in [0.1, 0.15) is 12.8 Å². The van der Waals surface area contributed by atoms with Gasteiger partial charge in [0, 0.05) is 18.7 Å². The fourth-order valence-corrected chi connectivity index (χ4v) is 3.23. The normalized spacial score (nSPS) is 18.1. The smallest absolute Gasteiger partial charge is 0.258 e. The topological polar surface area (TPSA) is 77.1 Å². The molecule has 7 heteroatoms. The molecular weight excluding hydrogens is 360 g/mol. The molecule has 1 N–H and O–H groups in total. The molecule has 7 nitrogen and oxygen atoms in total. The molecule has 0 aromatic heterocycles. The van der Waals surface area contributed by atoms with Crippen molar-refractivity contribution in [2.24, 2.45) is 0 Å². The predicted octanol–water partition coefficient (Wildman–Crippen LogP) is 2.15. The van der Waals surface area contributed by atoms with E-state index < -0.39 is 0 Å². The molecule has 0 radical (unpaired) electrons. The Hall–Kier alpha value is -3.22. The third-order valence-electron chi connectivity index (χ3n) is 4.69. The van der Waals surface area contributed by atoms with E-state index in [1.165, 1.54) is 0 Å². The Morgan fingerprint density at radius 2 is 1.93 bits per heavy atom. The van der Waals surface area contributed by atoms with Gasteiger partial charge in [-0.2, -0.15) is 0 Å². The van der Waals surface area contributed by atoms with E-state index in [2.05, 4.69) is 5.32 Å². The number of carbonyl (C=O) groups excluding carboxylic acids is 2. The van der Waals surface area contributed by atoms with Gasteiger partial charge in [-0.05, 0) is 42.8 Å². The molecule has 146 valence electrons. The molecule has 1 fully saturated rings. The SMILES string of the molecule is O=C(COc1ccc(N2CCCC2=O)cc1)NCC1COc2ccccc2O1. The Kier molecular flexibility index (Phi) is 5.32. The van der Waals surface area contributed by atoms with Crippen molar-refractivity contribution in [3.05, 3.63) is 48.5 Å². The van der Waals surface area contributed by atoms with Crippen LogP contribution in [0.5, 0.6) is 17.2 Å². The van der Waals surface area contributed by atoms with E-state index in [9.17, 15) is 9.59 Å². The van der Waals surface area contributed by atoms with Gasteiger partial charge >= 0.3 is 0 Å². The second-order valence-electron chi connectivity index (χ2n) is 6.73. The maximum Gasteiger partial charge on any atom is 0.258 e. The zero-order chi connectivity index (χ0) is 19.3. The highest BCUT2D eigenvalue weighted by atomic mass is 16.6. The Bertz CT molecular complexity index is 852. The van der Waals surface area contributed by atoms with Crippen LogP contribution in [0.15, 0.2) is 48.5 Å². The largest absolute Gasteiger partial charge is 0.486 e. The minimum atomic E-state index is -0.240. The molecule has 0 spiro atoms. The average molecular weight is 382 g/mol. The minimum absolute atomic E-state index is 0.0911. The number of nitrogens with one attached hydrogen (secondary N) is 1. The number of carbonyl (C=O) groups is 2. The summed E-state index contributed by atoms with van der Waals surface area (Å²) in [6.07, 6.45) is 1.24. The number of benzene rings is 2. The van der Waals surface area contributed by atoms with Gasteiger partial charge < -0.3 is 24.4 Å². The van der Waals surface area contributed by atoms with Crippen molar-refractivity contribution in [3.8, 4) is 17.2 Å². The second kappa shape index (κ2) is 8.21. The highest BCUT2D eigenvalue weighted by Crippen LogP contribution is 2.30. The maximum atomic E-state index is 12.0. The lowest BCUT2D eigenvalue weighted by Gasteiger charge is -2.26. The van der Waals surface area contributed by atoms with Gasteiger partial charge in [0.05, 0.1) is 6.54 Å². The molecule has 2 aliphatic heterocycles. The van der Waals surface area contributed by atoms with E-state index in [1.54, 1.807) is 17.0 Å². The number of anilines is 1. The third-order valence-corrected chi connectivity index (χ3v) is 4.69. The van der Waals surface area contributed by atoms with Gasteiger partial charge in [-0.1, -0.05) is 12.1 Å². The van der Waals surface area contributed by atoms with Crippen LogP contribution in [0, 0.1) is 0 Å². The van der Waals surface area contributed by atoms with E-state index in [0.29, 0.717) is 36.8 Å². The highest BCUT2D eigenvalue weighted by Gasteiger charge is 2.22. The Labute approximate surface area is 163 Å². The molecule has 2 aliphatic rings. The molecule has 1 saturated heterocycles. The van der Waals surface area contributed by atoms with E-state index >= 15 is 0 Å². The zero-order valence-electron chi connectivity index (χ0n) is 15.4. The minimum Gasteiger partial charge on any atom is -0.486 e. The van der Waals surface area contributed by atoms with E-state index in [-0.39, 0.29) is 24.5 Å². The van der Waals surface area contributed by atoms with Crippen molar-refractivity contribution in [2.45, 2.75) is 18.9 Å². The summed E-state index contributed by atoms with van der Waals surface area (Å²) in [6, 6.07) is 14.7. The molecular formula is C21H22N2O5. The quantitative estimate of drug-likeness (QED) is 0.828. The van der Waals surface area contributed by atoms with E-state index in [4.69, 9.17) is 14.2 Å². The number of hydrogen-bond acceptors (Lipinski definition) is 5. The molecule has 2 aromatic carbocycles. The van der Waals surface area contributed by atoms with Crippen molar-refractivity contribution in [1.82, 2.24) is 5.32 Å². The van der Waals surface area contributed by atoms with Crippen LogP contribution in [0.2, 0.25) is 0 Å². The summed E-state index contributed by atoms with van der Waals surface area (Å²) < 4.78 is 16.9. The third kappa shape index (κ3) is 4.19. The average Bonchev–Trinajstić information content (AvgIpc) is 3.17. The molecule has 2 amide bonds. The summed E-state index contributed by atoms with van der Waals surface area (Å²) >= 11 is 0. The summed E-state index contributed by atoms with van der Waals surface area (Å²) in [7, 11) is 0. The van der Waals surface area contributed by atoms with Crippen molar-refractivity contribution < 1.29 is 23.8 Å². The number of hydrogen-bond donors (Lipinski definition) is 1. The zero-order valence-corrected chi connectivity index (χ0v) is 15.4. The monoisotopic (exact) mass is 382 g/mol. The first-order valence-corrected chi connectivity index (χ1v) is 9.37. The van der Waals surface area contributed by atoms with Gasteiger partial charge in [-0.25, -0.2) is 0 Å². The van der Waals surface area contributed by atoms with Gasteiger partial charge in [0.1, 0.15) is 18.5 Å². The Morgan fingerprint density at radius 3 is 2.68 bits per heavy atom. The van der Waals surface area contributed by atoms with Gasteiger partial charge in [0.25, 0.3) is 5.91 Å². The summed E-state index contributed by atoms with van der Waals surface area (Å²) in [5.41, 5.74) is 0.856. The van der Waals surface area contributed by atoms with Crippen LogP contribution in [0.25, 0.3) is 0 Å². The second-order valence-corrected chi connectivity index (χ2v) is 6.73. The molecule has 1 unspecified atom stereocenters. The lowest BCUT2D eigenvalue weighted by atomic mass is 10.2. The molecule has 0 saturated carbocycles.